The summed E-state index contributed by atoms with van der Waals surface area (Å²) in [5.41, 5.74) is 1.75. The second-order valence-electron chi connectivity index (χ2n) is 7.01. The fourth-order valence-corrected chi connectivity index (χ4v) is 3.19. The number of benzene rings is 1. The van der Waals surface area contributed by atoms with Crippen LogP contribution in [0.1, 0.15) is 52.5 Å². The minimum Gasteiger partial charge on any atom is -0.308 e. The Kier molecular flexibility index (Phi) is 4.87. The van der Waals surface area contributed by atoms with Crippen molar-refractivity contribution in [3.63, 3.8) is 0 Å². The molecule has 0 aromatic heterocycles. The first-order chi connectivity index (χ1) is 9.48. The molecule has 2 nitrogen and oxygen atoms in total. The molecule has 20 heavy (non-hydrogen) atoms. The smallest absolute Gasteiger partial charge is 0.0558 e. The summed E-state index contributed by atoms with van der Waals surface area (Å²) in [4.78, 5) is 2.69. The molecule has 1 atom stereocenters. The molecule has 1 N–H and O–H groups in total. The highest BCUT2D eigenvalue weighted by Gasteiger charge is 2.41. The second-order valence-corrected chi connectivity index (χ2v) is 7.01. The summed E-state index contributed by atoms with van der Waals surface area (Å²) in [6, 6.07) is 11.0. The Morgan fingerprint density at radius 2 is 1.80 bits per heavy atom. The van der Waals surface area contributed by atoms with Crippen LogP contribution in [0.3, 0.4) is 0 Å². The molecule has 0 amide bonds. The van der Waals surface area contributed by atoms with Gasteiger partial charge in [-0.3, -0.25) is 4.90 Å². The first-order valence-electron chi connectivity index (χ1n) is 8.03. The van der Waals surface area contributed by atoms with Crippen LogP contribution in [0.4, 0.5) is 0 Å². The van der Waals surface area contributed by atoms with Crippen molar-refractivity contribution in [2.45, 2.75) is 58.0 Å². The summed E-state index contributed by atoms with van der Waals surface area (Å²) in [6.45, 7) is 12.6. The highest BCUT2D eigenvalue weighted by molar-refractivity contribution is 5.26. The number of nitrogens with one attached hydrogen (secondary N) is 1. The summed E-state index contributed by atoms with van der Waals surface area (Å²) in [6.07, 6.45) is 3.92. The molecule has 2 heteroatoms. The van der Waals surface area contributed by atoms with E-state index in [1.807, 2.05) is 0 Å². The van der Waals surface area contributed by atoms with Gasteiger partial charge in [-0.05, 0) is 39.3 Å². The quantitative estimate of drug-likeness (QED) is 0.822. The van der Waals surface area contributed by atoms with Crippen LogP contribution < -0.4 is 5.32 Å². The number of unbranched alkanes of at least 4 members (excludes halogenated alkanes) is 2. The Morgan fingerprint density at radius 3 is 2.45 bits per heavy atom. The lowest BCUT2D eigenvalue weighted by atomic mass is 9.84. The number of piperazine rings is 1. The number of rotatable bonds is 5. The maximum Gasteiger partial charge on any atom is 0.0558 e. The minimum absolute atomic E-state index is 0.116. The highest BCUT2D eigenvalue weighted by Crippen LogP contribution is 2.33. The topological polar surface area (TPSA) is 15.3 Å². The van der Waals surface area contributed by atoms with E-state index in [9.17, 15) is 0 Å². The normalized spacial score (nSPS) is 26.6. The molecule has 112 valence electrons. The van der Waals surface area contributed by atoms with Crippen molar-refractivity contribution in [1.29, 1.82) is 0 Å². The van der Waals surface area contributed by atoms with E-state index < -0.39 is 0 Å². The van der Waals surface area contributed by atoms with E-state index in [1.165, 1.54) is 31.4 Å². The summed E-state index contributed by atoms with van der Waals surface area (Å²) >= 11 is 0. The van der Waals surface area contributed by atoms with E-state index in [2.05, 4.69) is 68.2 Å². The fourth-order valence-electron chi connectivity index (χ4n) is 3.19. The summed E-state index contributed by atoms with van der Waals surface area (Å²) < 4.78 is 0. The monoisotopic (exact) mass is 274 g/mol. The van der Waals surface area contributed by atoms with Crippen LogP contribution in [0, 0.1) is 0 Å². The molecule has 1 saturated heterocycles. The van der Waals surface area contributed by atoms with Crippen molar-refractivity contribution in [3.8, 4) is 0 Å². The molecule has 2 rings (SSSR count). The fraction of sp³-hybridized carbons (Fsp3) is 0.667. The summed E-state index contributed by atoms with van der Waals surface area (Å²) in [5.74, 6) is 0. The molecule has 1 heterocycles. The molecule has 0 spiro atoms. The molecular formula is C18H30N2. The van der Waals surface area contributed by atoms with E-state index in [0.29, 0.717) is 0 Å². The van der Waals surface area contributed by atoms with Crippen LogP contribution in [0.25, 0.3) is 0 Å². The van der Waals surface area contributed by atoms with Gasteiger partial charge < -0.3 is 5.32 Å². The molecule has 0 aliphatic carbocycles. The van der Waals surface area contributed by atoms with E-state index in [-0.39, 0.29) is 11.1 Å². The van der Waals surface area contributed by atoms with Crippen LogP contribution in [0.2, 0.25) is 0 Å². The van der Waals surface area contributed by atoms with E-state index >= 15 is 0 Å². The lowest BCUT2D eigenvalue weighted by molar-refractivity contribution is 0.0229. The number of nitrogens with zero attached hydrogens (tertiary/aromatic N) is 1. The zero-order chi connectivity index (χ0) is 14.6. The van der Waals surface area contributed by atoms with Crippen LogP contribution in [-0.4, -0.2) is 30.1 Å². The van der Waals surface area contributed by atoms with Crippen LogP contribution in [0.5, 0.6) is 0 Å². The summed E-state index contributed by atoms with van der Waals surface area (Å²) in [7, 11) is 0. The first kappa shape index (κ1) is 15.5. The maximum atomic E-state index is 3.73. The Morgan fingerprint density at radius 1 is 1.10 bits per heavy atom. The Hall–Kier alpha value is -0.860. The molecule has 0 bridgehead atoms. The third kappa shape index (κ3) is 3.42. The van der Waals surface area contributed by atoms with Gasteiger partial charge in [0.05, 0.1) is 5.54 Å². The predicted octanol–water partition coefficient (Wildman–Crippen LogP) is 3.78. The van der Waals surface area contributed by atoms with Gasteiger partial charge in [-0.25, -0.2) is 0 Å². The average molecular weight is 274 g/mol. The van der Waals surface area contributed by atoms with Crippen molar-refractivity contribution in [2.75, 3.05) is 19.6 Å². The van der Waals surface area contributed by atoms with Gasteiger partial charge in [0.2, 0.25) is 0 Å². The largest absolute Gasteiger partial charge is 0.308 e. The third-order valence-corrected chi connectivity index (χ3v) is 4.62. The van der Waals surface area contributed by atoms with Crippen molar-refractivity contribution in [1.82, 2.24) is 10.2 Å². The van der Waals surface area contributed by atoms with Crippen molar-refractivity contribution < 1.29 is 0 Å². The Balaban J connectivity index is 2.19. The van der Waals surface area contributed by atoms with Gasteiger partial charge in [-0.1, -0.05) is 50.1 Å². The van der Waals surface area contributed by atoms with Crippen LogP contribution in [-0.2, 0) is 5.54 Å². The van der Waals surface area contributed by atoms with Gasteiger partial charge in [-0.15, -0.1) is 0 Å². The van der Waals surface area contributed by atoms with Crippen molar-refractivity contribution in [3.05, 3.63) is 35.9 Å². The van der Waals surface area contributed by atoms with E-state index in [4.69, 9.17) is 0 Å². The molecule has 1 aliphatic rings. The van der Waals surface area contributed by atoms with Crippen LogP contribution >= 0.6 is 0 Å². The minimum atomic E-state index is 0.116. The van der Waals surface area contributed by atoms with E-state index in [0.717, 1.165) is 13.1 Å². The second kappa shape index (κ2) is 6.28. The molecule has 0 saturated carbocycles. The zero-order valence-electron chi connectivity index (χ0n) is 13.6. The molecule has 0 radical (unpaired) electrons. The first-order valence-corrected chi connectivity index (χ1v) is 8.03. The van der Waals surface area contributed by atoms with E-state index in [1.54, 1.807) is 0 Å². The molecule has 1 aromatic carbocycles. The lowest BCUT2D eigenvalue weighted by Gasteiger charge is -2.51. The Bertz CT molecular complexity index is 413. The zero-order valence-corrected chi connectivity index (χ0v) is 13.6. The number of hydrogen-bond donors (Lipinski definition) is 1. The standard InChI is InChI=1S/C18H30N2/c1-5-6-10-13-20-15-17(2,3)19-14-18(20,4)16-11-8-7-9-12-16/h7-9,11-12,19H,5-6,10,13-15H2,1-4H3. The molecule has 1 aliphatic heterocycles. The molecule has 1 unspecified atom stereocenters. The summed E-state index contributed by atoms with van der Waals surface area (Å²) in [5, 5.41) is 3.73. The van der Waals surface area contributed by atoms with Gasteiger partial charge in [0.25, 0.3) is 0 Å². The van der Waals surface area contributed by atoms with Crippen LogP contribution in [0.15, 0.2) is 30.3 Å². The average Bonchev–Trinajstić information content (AvgIpc) is 2.44. The Labute approximate surface area is 124 Å². The van der Waals surface area contributed by atoms with Gasteiger partial charge in [0.1, 0.15) is 0 Å². The SMILES string of the molecule is CCCCCN1CC(C)(C)NCC1(C)c1ccccc1. The van der Waals surface area contributed by atoms with Gasteiger partial charge >= 0.3 is 0 Å². The lowest BCUT2D eigenvalue weighted by Crippen LogP contribution is -2.65. The van der Waals surface area contributed by atoms with Gasteiger partial charge in [0.15, 0.2) is 0 Å². The number of hydrogen-bond acceptors (Lipinski definition) is 2. The van der Waals surface area contributed by atoms with Crippen molar-refractivity contribution >= 4 is 0 Å². The maximum absolute atomic E-state index is 3.73. The third-order valence-electron chi connectivity index (χ3n) is 4.62. The van der Waals surface area contributed by atoms with Gasteiger partial charge in [0, 0.05) is 18.6 Å². The van der Waals surface area contributed by atoms with Gasteiger partial charge in [-0.2, -0.15) is 0 Å². The van der Waals surface area contributed by atoms with Crippen molar-refractivity contribution in [2.24, 2.45) is 0 Å². The predicted molar refractivity (Wildman–Crippen MR) is 87.0 cm³/mol. The highest BCUT2D eigenvalue weighted by atomic mass is 15.3. The molecule has 1 fully saturated rings. The molecule has 1 aromatic rings. The molecular weight excluding hydrogens is 244 g/mol.